The number of anilines is 1. The number of carbonyl (C=O) groups excluding carboxylic acids is 1. The lowest BCUT2D eigenvalue weighted by Gasteiger charge is -2.25. The molecule has 4 rings (SSSR count). The molecular formula is C29H29BrN4O5S. The maximum atomic E-state index is 13.7. The van der Waals surface area contributed by atoms with Crippen molar-refractivity contribution in [1.82, 2.24) is 9.99 Å². The van der Waals surface area contributed by atoms with Crippen LogP contribution in [0.2, 0.25) is 0 Å². The molecule has 1 N–H and O–H groups in total. The Morgan fingerprint density at radius 1 is 1.00 bits per heavy atom. The first kappa shape index (κ1) is 28.9. The van der Waals surface area contributed by atoms with Gasteiger partial charge < -0.3 is 14.0 Å². The first-order valence-corrected chi connectivity index (χ1v) is 14.5. The summed E-state index contributed by atoms with van der Waals surface area (Å²) >= 11 is 3.51. The fraction of sp³-hybridized carbons (Fsp3) is 0.172. The molecule has 0 spiro atoms. The molecule has 0 saturated heterocycles. The van der Waals surface area contributed by atoms with Gasteiger partial charge in [0.1, 0.15) is 18.0 Å². The molecule has 3 aromatic carbocycles. The molecule has 0 aliphatic heterocycles. The molecular weight excluding hydrogens is 596 g/mol. The number of ether oxygens (including phenoxy) is 2. The summed E-state index contributed by atoms with van der Waals surface area (Å²) in [5.74, 6) is 0.0290. The number of amides is 1. The van der Waals surface area contributed by atoms with Gasteiger partial charge in [0, 0.05) is 33.2 Å². The predicted octanol–water partition coefficient (Wildman–Crippen LogP) is 5.22. The molecule has 9 nitrogen and oxygen atoms in total. The highest BCUT2D eigenvalue weighted by atomic mass is 79.9. The third-order valence-corrected chi connectivity index (χ3v) is 8.47. The zero-order chi connectivity index (χ0) is 28.9. The second-order valence-corrected chi connectivity index (χ2v) is 11.6. The molecule has 0 unspecified atom stereocenters. The van der Waals surface area contributed by atoms with E-state index in [1.165, 1.54) is 38.6 Å². The summed E-state index contributed by atoms with van der Waals surface area (Å²) in [6.45, 7) is 3.40. The number of aromatic nitrogens is 1. The minimum Gasteiger partial charge on any atom is -0.497 e. The van der Waals surface area contributed by atoms with Crippen LogP contribution < -0.4 is 19.2 Å². The summed E-state index contributed by atoms with van der Waals surface area (Å²) in [6, 6.07) is 22.5. The summed E-state index contributed by atoms with van der Waals surface area (Å²) in [4.78, 5) is 13.1. The summed E-state index contributed by atoms with van der Waals surface area (Å²) in [7, 11) is -1.26. The highest BCUT2D eigenvalue weighted by Crippen LogP contribution is 2.35. The van der Waals surface area contributed by atoms with Crippen molar-refractivity contribution in [3.63, 3.8) is 0 Å². The smallest absolute Gasteiger partial charge is 0.264 e. The topological polar surface area (TPSA) is 102 Å². The molecule has 0 saturated carbocycles. The van der Waals surface area contributed by atoms with E-state index in [0.29, 0.717) is 5.75 Å². The lowest BCUT2D eigenvalue weighted by molar-refractivity contribution is -0.119. The summed E-state index contributed by atoms with van der Waals surface area (Å²) < 4.78 is 42.1. The number of halogens is 1. The molecule has 208 valence electrons. The van der Waals surface area contributed by atoms with Gasteiger partial charge in [-0.1, -0.05) is 40.2 Å². The highest BCUT2D eigenvalue weighted by molar-refractivity contribution is 9.10. The van der Waals surface area contributed by atoms with Crippen molar-refractivity contribution < 1.29 is 22.7 Å². The van der Waals surface area contributed by atoms with Crippen LogP contribution in [0.1, 0.15) is 17.0 Å². The number of aryl methyl sites for hydroxylation is 1. The van der Waals surface area contributed by atoms with Gasteiger partial charge in [0.25, 0.3) is 15.9 Å². The number of hydrogen-bond donors (Lipinski definition) is 1. The van der Waals surface area contributed by atoms with Gasteiger partial charge in [-0.05, 0) is 62.4 Å². The van der Waals surface area contributed by atoms with Crippen molar-refractivity contribution in [2.24, 2.45) is 5.10 Å². The van der Waals surface area contributed by atoms with E-state index in [4.69, 9.17) is 9.47 Å². The first-order valence-electron chi connectivity index (χ1n) is 12.2. The molecule has 11 heteroatoms. The molecule has 1 amide bonds. The summed E-state index contributed by atoms with van der Waals surface area (Å²) in [5, 5.41) is 4.12. The average Bonchev–Trinajstić information content (AvgIpc) is 3.24. The maximum absolute atomic E-state index is 13.7. The molecule has 0 radical (unpaired) electrons. The Morgan fingerprint density at radius 2 is 1.75 bits per heavy atom. The lowest BCUT2D eigenvalue weighted by atomic mass is 10.2. The third kappa shape index (κ3) is 6.21. The highest BCUT2D eigenvalue weighted by Gasteiger charge is 2.30. The number of rotatable bonds is 10. The van der Waals surface area contributed by atoms with E-state index >= 15 is 0 Å². The number of sulfonamides is 1. The SMILES string of the molecule is COc1ccc(OC)c(N(CC(=O)N/N=C/c2cc(C)n(-c3cccc(Br)c3)c2C)S(=O)(=O)c2ccccc2)c1. The molecule has 0 bridgehead atoms. The van der Waals surface area contributed by atoms with Gasteiger partial charge in [0.05, 0.1) is 31.0 Å². The van der Waals surface area contributed by atoms with E-state index in [1.807, 2.05) is 44.2 Å². The van der Waals surface area contributed by atoms with Gasteiger partial charge in [0.2, 0.25) is 0 Å². The van der Waals surface area contributed by atoms with Crippen molar-refractivity contribution in [1.29, 1.82) is 0 Å². The number of nitrogens with zero attached hydrogens (tertiary/aromatic N) is 3. The van der Waals surface area contributed by atoms with Crippen LogP contribution in [0.5, 0.6) is 11.5 Å². The average molecular weight is 626 g/mol. The third-order valence-electron chi connectivity index (χ3n) is 6.20. The van der Waals surface area contributed by atoms with Crippen LogP contribution in [-0.4, -0.2) is 45.9 Å². The summed E-state index contributed by atoms with van der Waals surface area (Å²) in [5.41, 5.74) is 6.34. The minimum atomic E-state index is -4.15. The van der Waals surface area contributed by atoms with Crippen LogP contribution in [-0.2, 0) is 14.8 Å². The zero-order valence-electron chi connectivity index (χ0n) is 22.5. The van der Waals surface area contributed by atoms with Crippen LogP contribution in [0.4, 0.5) is 5.69 Å². The molecule has 40 heavy (non-hydrogen) atoms. The van der Waals surface area contributed by atoms with E-state index in [-0.39, 0.29) is 16.3 Å². The predicted molar refractivity (Wildman–Crippen MR) is 159 cm³/mol. The molecule has 0 aliphatic rings. The Balaban J connectivity index is 1.61. The van der Waals surface area contributed by atoms with E-state index < -0.39 is 22.5 Å². The second kappa shape index (κ2) is 12.4. The molecule has 1 heterocycles. The van der Waals surface area contributed by atoms with Crippen molar-refractivity contribution in [3.05, 3.63) is 100 Å². The Morgan fingerprint density at radius 3 is 2.42 bits per heavy atom. The zero-order valence-corrected chi connectivity index (χ0v) is 24.9. The van der Waals surface area contributed by atoms with Crippen LogP contribution in [0.25, 0.3) is 5.69 Å². The standard InChI is InChI=1S/C29H29BrN4O5S/c1-20-15-22(21(2)34(20)24-10-8-9-23(30)16-24)18-31-32-29(35)19-33(40(36,37)26-11-6-5-7-12-26)27-17-25(38-3)13-14-28(27)39-4/h5-18H,19H2,1-4H3,(H,32,35)/b31-18+. The molecule has 1 aromatic heterocycles. The van der Waals surface area contributed by atoms with Gasteiger partial charge in [-0.2, -0.15) is 5.10 Å². The van der Waals surface area contributed by atoms with Gasteiger partial charge in [-0.25, -0.2) is 13.8 Å². The van der Waals surface area contributed by atoms with Crippen LogP contribution in [0, 0.1) is 13.8 Å². The molecule has 0 aliphatic carbocycles. The van der Waals surface area contributed by atoms with E-state index in [9.17, 15) is 13.2 Å². The molecule has 0 fully saturated rings. The fourth-order valence-corrected chi connectivity index (χ4v) is 6.11. The number of nitrogens with one attached hydrogen (secondary N) is 1. The van der Waals surface area contributed by atoms with Crippen molar-refractivity contribution >= 4 is 43.8 Å². The maximum Gasteiger partial charge on any atom is 0.264 e. The summed E-state index contributed by atoms with van der Waals surface area (Å²) in [6.07, 6.45) is 1.54. The van der Waals surface area contributed by atoms with Gasteiger partial charge in [-0.15, -0.1) is 0 Å². The monoisotopic (exact) mass is 624 g/mol. The van der Waals surface area contributed by atoms with Crippen LogP contribution in [0.3, 0.4) is 0 Å². The van der Waals surface area contributed by atoms with Crippen molar-refractivity contribution in [2.75, 3.05) is 25.1 Å². The Hall–Kier alpha value is -4.09. The first-order chi connectivity index (χ1) is 19.1. The van der Waals surface area contributed by atoms with Gasteiger partial charge in [0.15, 0.2) is 0 Å². The fourth-order valence-electron chi connectivity index (χ4n) is 4.28. The molecule has 0 atom stereocenters. The van der Waals surface area contributed by atoms with Crippen molar-refractivity contribution in [2.45, 2.75) is 18.7 Å². The Bertz CT molecular complexity index is 1650. The van der Waals surface area contributed by atoms with E-state index in [2.05, 4.69) is 31.0 Å². The normalized spacial score (nSPS) is 11.4. The van der Waals surface area contributed by atoms with E-state index in [1.54, 1.807) is 30.3 Å². The number of carbonyl (C=O) groups is 1. The molecule has 4 aromatic rings. The van der Waals surface area contributed by atoms with Crippen molar-refractivity contribution in [3.8, 4) is 17.2 Å². The Kier molecular flexibility index (Phi) is 8.96. The quantitative estimate of drug-likeness (QED) is 0.192. The minimum absolute atomic E-state index is 0.0242. The number of hydrazone groups is 1. The number of benzene rings is 3. The van der Waals surface area contributed by atoms with Gasteiger partial charge in [-0.3, -0.25) is 9.10 Å². The number of hydrogen-bond acceptors (Lipinski definition) is 6. The second-order valence-electron chi connectivity index (χ2n) is 8.80. The number of methoxy groups -OCH3 is 2. The lowest BCUT2D eigenvalue weighted by Crippen LogP contribution is -2.39. The van der Waals surface area contributed by atoms with Gasteiger partial charge >= 0.3 is 0 Å². The van der Waals surface area contributed by atoms with Crippen LogP contribution >= 0.6 is 15.9 Å². The van der Waals surface area contributed by atoms with E-state index in [0.717, 1.165) is 31.4 Å². The largest absolute Gasteiger partial charge is 0.497 e. The van der Waals surface area contributed by atoms with Crippen LogP contribution in [0.15, 0.2) is 93.3 Å². The Labute approximate surface area is 242 Å².